The molecule has 1 fully saturated rings. The van der Waals surface area contributed by atoms with Crippen molar-refractivity contribution in [3.05, 3.63) is 70.4 Å². The highest BCUT2D eigenvalue weighted by molar-refractivity contribution is 5.91. The van der Waals surface area contributed by atoms with Gasteiger partial charge in [0.05, 0.1) is 12.0 Å². The molecule has 1 aliphatic rings. The van der Waals surface area contributed by atoms with Crippen LogP contribution in [0.15, 0.2) is 57.9 Å². The zero-order valence-electron chi connectivity index (χ0n) is 15.0. The molecule has 3 heterocycles. The van der Waals surface area contributed by atoms with Gasteiger partial charge in [0, 0.05) is 37.8 Å². The Morgan fingerprint density at radius 1 is 1.11 bits per heavy atom. The number of hydrogen-bond donors (Lipinski definition) is 1. The van der Waals surface area contributed by atoms with Gasteiger partial charge in [-0.1, -0.05) is 29.8 Å². The van der Waals surface area contributed by atoms with E-state index in [1.807, 2.05) is 36.1 Å². The number of benzene rings is 1. The van der Waals surface area contributed by atoms with Gasteiger partial charge in [0.2, 0.25) is 5.95 Å². The number of carbonyl (C=O) groups excluding carboxylic acids is 1. The van der Waals surface area contributed by atoms with Crippen molar-refractivity contribution >= 4 is 11.9 Å². The molecule has 0 atom stereocenters. The van der Waals surface area contributed by atoms with Gasteiger partial charge >= 0.3 is 0 Å². The zero-order chi connectivity index (χ0) is 18.8. The number of hydrogen-bond acceptors (Lipinski definition) is 5. The lowest BCUT2D eigenvalue weighted by Crippen LogP contribution is -2.49. The number of amides is 1. The van der Waals surface area contributed by atoms with Crippen molar-refractivity contribution in [1.29, 1.82) is 0 Å². The fraction of sp³-hybridized carbons (Fsp3) is 0.250. The molecule has 0 spiro atoms. The second kappa shape index (κ2) is 7.11. The monoisotopic (exact) mass is 364 g/mol. The van der Waals surface area contributed by atoms with Gasteiger partial charge in [0.1, 0.15) is 0 Å². The topological polar surface area (TPSA) is 82.4 Å². The quantitative estimate of drug-likeness (QED) is 0.771. The number of anilines is 1. The van der Waals surface area contributed by atoms with E-state index in [2.05, 4.69) is 9.97 Å². The molecule has 1 aromatic carbocycles. The lowest BCUT2D eigenvalue weighted by atomic mass is 10.1. The highest BCUT2D eigenvalue weighted by Crippen LogP contribution is 2.19. The van der Waals surface area contributed by atoms with E-state index in [1.54, 1.807) is 17.0 Å². The van der Waals surface area contributed by atoms with Gasteiger partial charge in [-0.3, -0.25) is 14.6 Å². The van der Waals surface area contributed by atoms with Gasteiger partial charge in [-0.2, -0.15) is 0 Å². The summed E-state index contributed by atoms with van der Waals surface area (Å²) in [4.78, 5) is 35.7. The van der Waals surface area contributed by atoms with Crippen molar-refractivity contribution in [2.45, 2.75) is 6.92 Å². The molecule has 0 saturated carbocycles. The second-order valence-electron chi connectivity index (χ2n) is 6.58. The molecule has 1 N–H and O–H groups in total. The lowest BCUT2D eigenvalue weighted by Gasteiger charge is -2.34. The van der Waals surface area contributed by atoms with Crippen LogP contribution in [-0.4, -0.2) is 47.0 Å². The van der Waals surface area contributed by atoms with Crippen molar-refractivity contribution in [3.8, 4) is 11.3 Å². The Labute approximate surface area is 156 Å². The van der Waals surface area contributed by atoms with Crippen LogP contribution in [0.1, 0.15) is 16.1 Å². The first-order valence-electron chi connectivity index (χ1n) is 8.86. The molecule has 3 aromatic rings. The number of aromatic nitrogens is 2. The highest BCUT2D eigenvalue weighted by Gasteiger charge is 2.25. The maximum absolute atomic E-state index is 12.4. The maximum Gasteiger partial charge on any atom is 0.289 e. The molecule has 0 unspecified atom stereocenters. The van der Waals surface area contributed by atoms with Gasteiger partial charge in [-0.25, -0.2) is 4.98 Å². The van der Waals surface area contributed by atoms with Crippen LogP contribution in [0, 0.1) is 6.92 Å². The van der Waals surface area contributed by atoms with E-state index in [0.29, 0.717) is 43.6 Å². The molecule has 7 heteroatoms. The van der Waals surface area contributed by atoms with E-state index in [4.69, 9.17) is 4.42 Å². The fourth-order valence-electron chi connectivity index (χ4n) is 3.14. The number of piperazine rings is 1. The number of rotatable bonds is 3. The first-order valence-corrected chi connectivity index (χ1v) is 8.86. The summed E-state index contributed by atoms with van der Waals surface area (Å²) in [5.74, 6) is 0.758. The largest absolute Gasteiger partial charge is 0.459 e. The average Bonchev–Trinajstić information content (AvgIpc) is 3.22. The van der Waals surface area contributed by atoms with Crippen molar-refractivity contribution in [2.75, 3.05) is 31.1 Å². The Balaban J connectivity index is 1.50. The normalized spacial score (nSPS) is 14.4. The van der Waals surface area contributed by atoms with Gasteiger partial charge < -0.3 is 14.2 Å². The molecule has 27 heavy (non-hydrogen) atoms. The Morgan fingerprint density at radius 2 is 1.85 bits per heavy atom. The third-order valence-electron chi connectivity index (χ3n) is 4.67. The molecule has 4 rings (SSSR count). The van der Waals surface area contributed by atoms with Gasteiger partial charge in [0.15, 0.2) is 5.76 Å². The first kappa shape index (κ1) is 17.1. The number of H-pyrrole nitrogens is 1. The Hall–Kier alpha value is -3.35. The Kier molecular flexibility index (Phi) is 4.50. The minimum absolute atomic E-state index is 0.116. The van der Waals surface area contributed by atoms with E-state index in [0.717, 1.165) is 11.1 Å². The van der Waals surface area contributed by atoms with Crippen molar-refractivity contribution < 1.29 is 9.21 Å². The minimum Gasteiger partial charge on any atom is -0.459 e. The van der Waals surface area contributed by atoms with Gasteiger partial charge in [-0.05, 0) is 19.1 Å². The molecule has 0 bridgehead atoms. The van der Waals surface area contributed by atoms with E-state index in [1.165, 1.54) is 12.3 Å². The van der Waals surface area contributed by atoms with E-state index in [9.17, 15) is 9.59 Å². The van der Waals surface area contributed by atoms with Gasteiger partial charge in [0.25, 0.3) is 11.5 Å². The number of furan rings is 1. The van der Waals surface area contributed by atoms with Crippen LogP contribution >= 0.6 is 0 Å². The number of nitrogens with zero attached hydrogens (tertiary/aromatic N) is 3. The van der Waals surface area contributed by atoms with E-state index < -0.39 is 0 Å². The van der Waals surface area contributed by atoms with Crippen molar-refractivity contribution in [1.82, 2.24) is 14.9 Å². The molecular formula is C20H20N4O3. The summed E-state index contributed by atoms with van der Waals surface area (Å²) in [5.41, 5.74) is 2.51. The predicted octanol–water partition coefficient (Wildman–Crippen LogP) is 2.30. The lowest BCUT2D eigenvalue weighted by molar-refractivity contribution is 0.0714. The molecule has 1 saturated heterocycles. The van der Waals surface area contributed by atoms with E-state index in [-0.39, 0.29) is 11.5 Å². The number of aromatic amines is 1. The first-order chi connectivity index (χ1) is 13.1. The number of aryl methyl sites for hydroxylation is 1. The Morgan fingerprint density at radius 3 is 2.52 bits per heavy atom. The smallest absolute Gasteiger partial charge is 0.289 e. The van der Waals surface area contributed by atoms with Crippen LogP contribution in [0.4, 0.5) is 5.95 Å². The van der Waals surface area contributed by atoms with Crippen molar-refractivity contribution in [2.24, 2.45) is 0 Å². The van der Waals surface area contributed by atoms with Crippen LogP contribution in [0.25, 0.3) is 11.3 Å². The molecular weight excluding hydrogens is 344 g/mol. The fourth-order valence-corrected chi connectivity index (χ4v) is 3.14. The standard InChI is InChI=1S/C20H20N4O3/c1-14-4-6-15(7-5-14)16-13-18(25)22-20(21-16)24-10-8-23(9-11-24)19(26)17-3-2-12-27-17/h2-7,12-13H,8-11H2,1H3,(H,21,22,25). The summed E-state index contributed by atoms with van der Waals surface area (Å²) >= 11 is 0. The van der Waals surface area contributed by atoms with Crippen LogP contribution in [0.2, 0.25) is 0 Å². The highest BCUT2D eigenvalue weighted by atomic mass is 16.3. The Bertz CT molecular complexity index is 985. The van der Waals surface area contributed by atoms with E-state index >= 15 is 0 Å². The molecule has 2 aromatic heterocycles. The molecule has 0 radical (unpaired) electrons. The summed E-state index contributed by atoms with van der Waals surface area (Å²) < 4.78 is 5.18. The minimum atomic E-state index is -0.190. The summed E-state index contributed by atoms with van der Waals surface area (Å²) in [5, 5.41) is 0. The van der Waals surface area contributed by atoms with Crippen LogP contribution in [0.3, 0.4) is 0 Å². The van der Waals surface area contributed by atoms with Crippen LogP contribution in [-0.2, 0) is 0 Å². The summed E-state index contributed by atoms with van der Waals surface area (Å²) in [7, 11) is 0. The van der Waals surface area contributed by atoms with Crippen LogP contribution < -0.4 is 10.5 Å². The molecule has 138 valence electrons. The summed E-state index contributed by atoms with van der Waals surface area (Å²) in [6.07, 6.45) is 1.49. The number of nitrogens with one attached hydrogen (secondary N) is 1. The second-order valence-corrected chi connectivity index (χ2v) is 6.58. The summed E-state index contributed by atoms with van der Waals surface area (Å²) in [6.45, 7) is 4.28. The summed E-state index contributed by atoms with van der Waals surface area (Å²) in [6, 6.07) is 12.8. The average molecular weight is 364 g/mol. The molecule has 7 nitrogen and oxygen atoms in total. The third-order valence-corrected chi connectivity index (χ3v) is 4.67. The van der Waals surface area contributed by atoms with Gasteiger partial charge in [-0.15, -0.1) is 0 Å². The molecule has 1 amide bonds. The molecule has 0 aliphatic carbocycles. The maximum atomic E-state index is 12.4. The predicted molar refractivity (Wildman–Crippen MR) is 102 cm³/mol. The number of carbonyl (C=O) groups is 1. The SMILES string of the molecule is Cc1ccc(-c2cc(=O)[nH]c(N3CCN(C(=O)c4ccco4)CC3)n2)cc1. The molecule has 1 aliphatic heterocycles. The third kappa shape index (κ3) is 3.62. The zero-order valence-corrected chi connectivity index (χ0v) is 15.0. The van der Waals surface area contributed by atoms with Crippen LogP contribution in [0.5, 0.6) is 0 Å². The van der Waals surface area contributed by atoms with Crippen molar-refractivity contribution in [3.63, 3.8) is 0 Å².